The molecule has 2 N–H and O–H groups in total. The summed E-state index contributed by atoms with van der Waals surface area (Å²) in [6.45, 7) is 0.570. The topological polar surface area (TPSA) is 50.4 Å². The number of hydrogen-bond donors (Lipinski definition) is 2. The minimum Gasteiger partial charge on any atom is -0.380 e. The molecule has 2 rings (SSSR count). The van der Waals surface area contributed by atoms with Gasteiger partial charge in [0.05, 0.1) is 17.8 Å². The molecule has 2 unspecified atom stereocenters. The highest BCUT2D eigenvalue weighted by atomic mass is 19.1. The number of benzene rings is 1. The van der Waals surface area contributed by atoms with Gasteiger partial charge in [-0.15, -0.1) is 0 Å². The van der Waals surface area contributed by atoms with E-state index < -0.39 is 17.7 Å². The van der Waals surface area contributed by atoms with Crippen LogP contribution in [0.3, 0.4) is 0 Å². The van der Waals surface area contributed by atoms with Gasteiger partial charge in [0.25, 0.3) is 0 Å². The molecule has 18 heavy (non-hydrogen) atoms. The molecule has 1 aromatic carbocycles. The van der Waals surface area contributed by atoms with Gasteiger partial charge in [-0.25, -0.2) is 8.78 Å². The van der Waals surface area contributed by atoms with Gasteiger partial charge in [0.2, 0.25) is 5.91 Å². The summed E-state index contributed by atoms with van der Waals surface area (Å²) in [7, 11) is 1.57. The molecule has 4 nitrogen and oxygen atoms in total. The first-order chi connectivity index (χ1) is 8.60. The number of carbonyl (C=O) groups is 1. The Kier molecular flexibility index (Phi) is 3.88. The van der Waals surface area contributed by atoms with Gasteiger partial charge in [0.15, 0.2) is 0 Å². The van der Waals surface area contributed by atoms with E-state index in [1.54, 1.807) is 7.11 Å². The number of rotatable bonds is 3. The van der Waals surface area contributed by atoms with Crippen molar-refractivity contribution in [1.82, 2.24) is 5.32 Å². The second-order valence-electron chi connectivity index (χ2n) is 4.17. The molecule has 0 saturated carbocycles. The standard InChI is InChI=1S/C12H14F2N2O2/c1-18-8-5-11(15-6-8)12(17)16-10-4-7(13)2-3-9(10)14/h2-4,8,11,15H,5-6H2,1H3,(H,16,17). The lowest BCUT2D eigenvalue weighted by Gasteiger charge is -2.11. The maximum absolute atomic E-state index is 13.3. The van der Waals surface area contributed by atoms with E-state index in [0.29, 0.717) is 13.0 Å². The highest BCUT2D eigenvalue weighted by molar-refractivity contribution is 5.95. The third kappa shape index (κ3) is 2.83. The fourth-order valence-corrected chi connectivity index (χ4v) is 1.90. The summed E-state index contributed by atoms with van der Waals surface area (Å²) in [5.41, 5.74) is -0.150. The zero-order valence-electron chi connectivity index (χ0n) is 9.87. The minimum atomic E-state index is -0.661. The van der Waals surface area contributed by atoms with Crippen LogP contribution in [0.5, 0.6) is 0 Å². The molecule has 1 aliphatic rings. The van der Waals surface area contributed by atoms with E-state index in [1.165, 1.54) is 0 Å². The largest absolute Gasteiger partial charge is 0.380 e. The van der Waals surface area contributed by atoms with Gasteiger partial charge in [-0.2, -0.15) is 0 Å². The molecule has 1 heterocycles. The van der Waals surface area contributed by atoms with E-state index in [4.69, 9.17) is 4.74 Å². The number of hydrogen-bond acceptors (Lipinski definition) is 3. The molecule has 1 saturated heterocycles. The average molecular weight is 256 g/mol. The van der Waals surface area contributed by atoms with Crippen molar-refractivity contribution in [3.8, 4) is 0 Å². The van der Waals surface area contributed by atoms with E-state index in [-0.39, 0.29) is 17.7 Å². The van der Waals surface area contributed by atoms with Crippen LogP contribution >= 0.6 is 0 Å². The Labute approximate surface area is 103 Å². The lowest BCUT2D eigenvalue weighted by molar-refractivity contribution is -0.118. The van der Waals surface area contributed by atoms with Crippen molar-refractivity contribution in [3.63, 3.8) is 0 Å². The zero-order valence-corrected chi connectivity index (χ0v) is 9.87. The molecule has 0 aromatic heterocycles. The Morgan fingerprint density at radius 3 is 2.94 bits per heavy atom. The maximum Gasteiger partial charge on any atom is 0.241 e. The van der Waals surface area contributed by atoms with E-state index >= 15 is 0 Å². The van der Waals surface area contributed by atoms with Crippen LogP contribution in [0.2, 0.25) is 0 Å². The minimum absolute atomic E-state index is 0.0295. The van der Waals surface area contributed by atoms with Gasteiger partial charge in [-0.3, -0.25) is 4.79 Å². The van der Waals surface area contributed by atoms with Gasteiger partial charge < -0.3 is 15.4 Å². The van der Waals surface area contributed by atoms with Gasteiger partial charge >= 0.3 is 0 Å². The van der Waals surface area contributed by atoms with Crippen LogP contribution in [0.15, 0.2) is 18.2 Å². The molecule has 1 fully saturated rings. The summed E-state index contributed by atoms with van der Waals surface area (Å²) in [4.78, 5) is 11.8. The highest BCUT2D eigenvalue weighted by Crippen LogP contribution is 2.17. The first-order valence-electron chi connectivity index (χ1n) is 5.62. The van der Waals surface area contributed by atoms with E-state index in [0.717, 1.165) is 18.2 Å². The molecule has 0 spiro atoms. The third-order valence-corrected chi connectivity index (χ3v) is 2.93. The predicted molar refractivity (Wildman–Crippen MR) is 62.2 cm³/mol. The normalized spacial score (nSPS) is 23.1. The maximum atomic E-state index is 13.3. The smallest absolute Gasteiger partial charge is 0.241 e. The summed E-state index contributed by atoms with van der Waals surface area (Å²) in [5.74, 6) is -1.65. The van der Waals surface area contributed by atoms with E-state index in [1.807, 2.05) is 0 Å². The summed E-state index contributed by atoms with van der Waals surface area (Å²) in [6.07, 6.45) is 0.484. The second-order valence-corrected chi connectivity index (χ2v) is 4.17. The molecule has 0 aliphatic carbocycles. The van der Waals surface area contributed by atoms with Crippen LogP contribution in [0.1, 0.15) is 6.42 Å². The summed E-state index contributed by atoms with van der Waals surface area (Å²) in [6, 6.07) is 2.48. The van der Waals surface area contributed by atoms with Crippen molar-refractivity contribution in [1.29, 1.82) is 0 Å². The monoisotopic (exact) mass is 256 g/mol. The van der Waals surface area contributed by atoms with Crippen molar-refractivity contribution < 1.29 is 18.3 Å². The number of nitrogens with one attached hydrogen (secondary N) is 2. The molecule has 0 bridgehead atoms. The number of ether oxygens (including phenoxy) is 1. The molecule has 0 radical (unpaired) electrons. The molecule has 98 valence electrons. The Balaban J connectivity index is 2.01. The van der Waals surface area contributed by atoms with Crippen LogP contribution in [0, 0.1) is 11.6 Å². The number of carbonyl (C=O) groups excluding carboxylic acids is 1. The fourth-order valence-electron chi connectivity index (χ4n) is 1.90. The van der Waals surface area contributed by atoms with Crippen LogP contribution in [0.25, 0.3) is 0 Å². The SMILES string of the molecule is COC1CNC(C(=O)Nc2cc(F)ccc2F)C1. The number of amides is 1. The van der Waals surface area contributed by atoms with Crippen molar-refractivity contribution >= 4 is 11.6 Å². The lowest BCUT2D eigenvalue weighted by Crippen LogP contribution is -2.35. The van der Waals surface area contributed by atoms with E-state index in [2.05, 4.69) is 10.6 Å². The Bertz CT molecular complexity index is 454. The van der Waals surface area contributed by atoms with Crippen LogP contribution < -0.4 is 10.6 Å². The van der Waals surface area contributed by atoms with Crippen LogP contribution in [0.4, 0.5) is 14.5 Å². The van der Waals surface area contributed by atoms with Crippen molar-refractivity contribution in [3.05, 3.63) is 29.8 Å². The molecule has 2 atom stereocenters. The fraction of sp³-hybridized carbons (Fsp3) is 0.417. The molecule has 1 aliphatic heterocycles. The summed E-state index contributed by atoms with van der Waals surface area (Å²) in [5, 5.41) is 5.32. The Morgan fingerprint density at radius 2 is 2.28 bits per heavy atom. The molecule has 6 heteroatoms. The summed E-state index contributed by atoms with van der Waals surface area (Å²) >= 11 is 0. The molecule has 1 aromatic rings. The van der Waals surface area contributed by atoms with Gasteiger partial charge in [0.1, 0.15) is 11.6 Å². The molecular formula is C12H14F2N2O2. The molecular weight excluding hydrogens is 242 g/mol. The quantitative estimate of drug-likeness (QED) is 0.856. The van der Waals surface area contributed by atoms with E-state index in [9.17, 15) is 13.6 Å². The predicted octanol–water partition coefficient (Wildman–Crippen LogP) is 1.28. The van der Waals surface area contributed by atoms with Crippen LogP contribution in [-0.4, -0.2) is 31.7 Å². The van der Waals surface area contributed by atoms with Gasteiger partial charge in [-0.1, -0.05) is 0 Å². The zero-order chi connectivity index (χ0) is 13.1. The van der Waals surface area contributed by atoms with Gasteiger partial charge in [0, 0.05) is 19.7 Å². The summed E-state index contributed by atoms with van der Waals surface area (Å²) < 4.78 is 31.4. The van der Waals surface area contributed by atoms with Crippen molar-refractivity contribution in [2.75, 3.05) is 19.0 Å². The lowest BCUT2D eigenvalue weighted by atomic mass is 10.2. The van der Waals surface area contributed by atoms with Crippen molar-refractivity contribution in [2.24, 2.45) is 0 Å². The third-order valence-electron chi connectivity index (χ3n) is 2.93. The first-order valence-corrected chi connectivity index (χ1v) is 5.62. The Hall–Kier alpha value is -1.53. The second kappa shape index (κ2) is 5.41. The number of halogens is 2. The highest BCUT2D eigenvalue weighted by Gasteiger charge is 2.29. The number of anilines is 1. The first kappa shape index (κ1) is 12.9. The molecule has 1 amide bonds. The average Bonchev–Trinajstić information content (AvgIpc) is 2.82. The van der Waals surface area contributed by atoms with Gasteiger partial charge in [-0.05, 0) is 18.6 Å². The van der Waals surface area contributed by atoms with Crippen LogP contribution in [-0.2, 0) is 9.53 Å². The number of methoxy groups -OCH3 is 1. The Morgan fingerprint density at radius 1 is 1.50 bits per heavy atom. The van der Waals surface area contributed by atoms with Crippen molar-refractivity contribution in [2.45, 2.75) is 18.6 Å².